The quantitative estimate of drug-likeness (QED) is 0.842. The SMILES string of the molecule is CCCc1cc(C(=O)NC(C)(CO)C2CC2)sc1C. The van der Waals surface area contributed by atoms with E-state index >= 15 is 0 Å². The number of thiophene rings is 1. The number of aliphatic hydroxyl groups excluding tert-OH is 1. The lowest BCUT2D eigenvalue weighted by atomic mass is 9.97. The van der Waals surface area contributed by atoms with Gasteiger partial charge in [-0.2, -0.15) is 0 Å². The van der Waals surface area contributed by atoms with Crippen molar-refractivity contribution in [1.82, 2.24) is 5.32 Å². The van der Waals surface area contributed by atoms with Crippen molar-refractivity contribution in [2.24, 2.45) is 5.92 Å². The fourth-order valence-electron chi connectivity index (χ4n) is 2.46. The Morgan fingerprint density at radius 3 is 2.79 bits per heavy atom. The van der Waals surface area contributed by atoms with E-state index in [1.165, 1.54) is 10.4 Å². The minimum atomic E-state index is -0.458. The average molecular weight is 281 g/mol. The summed E-state index contributed by atoms with van der Waals surface area (Å²) in [6.45, 7) is 6.16. The lowest BCUT2D eigenvalue weighted by molar-refractivity contribution is 0.0828. The van der Waals surface area contributed by atoms with Crippen LogP contribution in [0.25, 0.3) is 0 Å². The molecule has 1 aliphatic rings. The molecule has 106 valence electrons. The standard InChI is InChI=1S/C15H23NO2S/c1-4-5-11-8-13(19-10(11)2)14(18)16-15(3,9-17)12-6-7-12/h8,12,17H,4-7,9H2,1-3H3,(H,16,18). The van der Waals surface area contributed by atoms with E-state index in [9.17, 15) is 9.90 Å². The highest BCUT2D eigenvalue weighted by atomic mass is 32.1. The van der Waals surface area contributed by atoms with E-state index in [1.807, 2.05) is 13.0 Å². The van der Waals surface area contributed by atoms with Crippen LogP contribution in [0.3, 0.4) is 0 Å². The number of rotatable bonds is 6. The number of hydrogen-bond donors (Lipinski definition) is 2. The minimum Gasteiger partial charge on any atom is -0.394 e. The number of carbonyl (C=O) groups excluding carboxylic acids is 1. The first-order valence-electron chi connectivity index (χ1n) is 7.03. The van der Waals surface area contributed by atoms with Gasteiger partial charge in [0.1, 0.15) is 0 Å². The van der Waals surface area contributed by atoms with Gasteiger partial charge in [0.05, 0.1) is 17.0 Å². The minimum absolute atomic E-state index is 0.00951. The normalized spacial score (nSPS) is 18.1. The second kappa shape index (κ2) is 5.63. The summed E-state index contributed by atoms with van der Waals surface area (Å²) in [7, 11) is 0. The summed E-state index contributed by atoms with van der Waals surface area (Å²) in [4.78, 5) is 14.3. The Bertz CT molecular complexity index is 465. The van der Waals surface area contributed by atoms with Gasteiger partial charge < -0.3 is 10.4 Å². The molecule has 4 heteroatoms. The summed E-state index contributed by atoms with van der Waals surface area (Å²) in [6.07, 6.45) is 4.31. The number of hydrogen-bond acceptors (Lipinski definition) is 3. The van der Waals surface area contributed by atoms with Crippen LogP contribution in [0.5, 0.6) is 0 Å². The van der Waals surface area contributed by atoms with Gasteiger partial charge in [-0.1, -0.05) is 13.3 Å². The zero-order valence-corrected chi connectivity index (χ0v) is 12.8. The van der Waals surface area contributed by atoms with Crippen molar-refractivity contribution >= 4 is 17.2 Å². The highest BCUT2D eigenvalue weighted by molar-refractivity contribution is 7.14. The van der Waals surface area contributed by atoms with Crippen LogP contribution in [0.2, 0.25) is 0 Å². The molecule has 2 N–H and O–H groups in total. The predicted molar refractivity (Wildman–Crippen MR) is 78.7 cm³/mol. The maximum Gasteiger partial charge on any atom is 0.261 e. The third-order valence-corrected chi connectivity index (χ3v) is 5.06. The summed E-state index contributed by atoms with van der Waals surface area (Å²) in [6, 6.07) is 2.00. The lowest BCUT2D eigenvalue weighted by Crippen LogP contribution is -2.50. The molecule has 0 bridgehead atoms. The molecule has 3 nitrogen and oxygen atoms in total. The van der Waals surface area contributed by atoms with E-state index in [1.54, 1.807) is 11.3 Å². The molecule has 1 unspecified atom stereocenters. The van der Waals surface area contributed by atoms with Gasteiger partial charge in [-0.05, 0) is 50.7 Å². The van der Waals surface area contributed by atoms with Crippen molar-refractivity contribution in [3.05, 3.63) is 21.4 Å². The molecular weight excluding hydrogens is 258 g/mol. The third kappa shape index (κ3) is 3.18. The van der Waals surface area contributed by atoms with E-state index in [2.05, 4.69) is 19.2 Å². The van der Waals surface area contributed by atoms with Crippen molar-refractivity contribution in [3.8, 4) is 0 Å². The summed E-state index contributed by atoms with van der Waals surface area (Å²) in [5.74, 6) is 0.386. The second-order valence-electron chi connectivity index (χ2n) is 5.75. The molecule has 2 rings (SSSR count). The van der Waals surface area contributed by atoms with Gasteiger partial charge >= 0.3 is 0 Å². The van der Waals surface area contributed by atoms with Gasteiger partial charge in [0.2, 0.25) is 0 Å². The van der Waals surface area contributed by atoms with Gasteiger partial charge in [-0.3, -0.25) is 4.79 Å². The number of aliphatic hydroxyl groups is 1. The van der Waals surface area contributed by atoms with E-state index in [0.29, 0.717) is 5.92 Å². The molecule has 1 aliphatic carbocycles. The molecule has 1 aromatic heterocycles. The van der Waals surface area contributed by atoms with Crippen molar-refractivity contribution in [2.75, 3.05) is 6.61 Å². The summed E-state index contributed by atoms with van der Waals surface area (Å²) in [5.41, 5.74) is 0.815. The molecule has 0 aliphatic heterocycles. The molecule has 1 saturated carbocycles. The topological polar surface area (TPSA) is 49.3 Å². The average Bonchev–Trinajstić information content (AvgIpc) is 3.16. The Hall–Kier alpha value is -0.870. The van der Waals surface area contributed by atoms with Crippen LogP contribution in [-0.2, 0) is 6.42 Å². The van der Waals surface area contributed by atoms with Crippen molar-refractivity contribution in [2.45, 2.75) is 52.0 Å². The first kappa shape index (κ1) is 14.5. The lowest BCUT2D eigenvalue weighted by Gasteiger charge is -2.28. The van der Waals surface area contributed by atoms with Crippen LogP contribution in [-0.4, -0.2) is 23.2 Å². The summed E-state index contributed by atoms with van der Waals surface area (Å²) >= 11 is 1.55. The fourth-order valence-corrected chi connectivity index (χ4v) is 3.43. The van der Waals surface area contributed by atoms with Gasteiger partial charge in [0.25, 0.3) is 5.91 Å². The number of nitrogens with one attached hydrogen (secondary N) is 1. The van der Waals surface area contributed by atoms with Gasteiger partial charge in [-0.25, -0.2) is 0 Å². The van der Waals surface area contributed by atoms with Gasteiger partial charge in [0, 0.05) is 4.88 Å². The summed E-state index contributed by atoms with van der Waals surface area (Å²) in [5, 5.41) is 12.5. The molecule has 0 radical (unpaired) electrons. The smallest absolute Gasteiger partial charge is 0.261 e. The van der Waals surface area contributed by atoms with Crippen molar-refractivity contribution in [1.29, 1.82) is 0 Å². The van der Waals surface area contributed by atoms with Crippen LogP contribution in [0.15, 0.2) is 6.07 Å². The summed E-state index contributed by atoms with van der Waals surface area (Å²) < 4.78 is 0. The molecule has 1 aromatic rings. The van der Waals surface area contributed by atoms with Crippen molar-refractivity contribution in [3.63, 3.8) is 0 Å². The third-order valence-electron chi connectivity index (χ3n) is 3.97. The molecule has 1 heterocycles. The maximum atomic E-state index is 12.3. The first-order valence-corrected chi connectivity index (χ1v) is 7.84. The van der Waals surface area contributed by atoms with Crippen LogP contribution in [0, 0.1) is 12.8 Å². The largest absolute Gasteiger partial charge is 0.394 e. The van der Waals surface area contributed by atoms with Crippen LogP contribution in [0.1, 0.15) is 53.2 Å². The number of amides is 1. The number of carbonyl (C=O) groups is 1. The van der Waals surface area contributed by atoms with E-state index < -0.39 is 5.54 Å². The Morgan fingerprint density at radius 2 is 2.26 bits per heavy atom. The molecular formula is C15H23NO2S. The number of aryl methyl sites for hydroxylation is 2. The van der Waals surface area contributed by atoms with E-state index in [-0.39, 0.29) is 12.5 Å². The zero-order chi connectivity index (χ0) is 14.0. The van der Waals surface area contributed by atoms with E-state index in [4.69, 9.17) is 0 Å². The van der Waals surface area contributed by atoms with Gasteiger partial charge in [0.15, 0.2) is 0 Å². The van der Waals surface area contributed by atoms with E-state index in [0.717, 1.165) is 30.6 Å². The maximum absolute atomic E-state index is 12.3. The van der Waals surface area contributed by atoms with Crippen LogP contribution < -0.4 is 5.32 Å². The second-order valence-corrected chi connectivity index (χ2v) is 7.00. The molecule has 19 heavy (non-hydrogen) atoms. The molecule has 1 atom stereocenters. The Balaban J connectivity index is 2.09. The Kier molecular flexibility index (Phi) is 4.31. The molecule has 1 fully saturated rings. The Labute approximate surface area is 119 Å². The zero-order valence-electron chi connectivity index (χ0n) is 12.0. The monoisotopic (exact) mass is 281 g/mol. The van der Waals surface area contributed by atoms with Crippen molar-refractivity contribution < 1.29 is 9.90 Å². The highest BCUT2D eigenvalue weighted by Gasteiger charge is 2.42. The molecule has 0 spiro atoms. The fraction of sp³-hybridized carbons (Fsp3) is 0.667. The van der Waals surface area contributed by atoms with Crippen LogP contribution in [0.4, 0.5) is 0 Å². The first-order chi connectivity index (χ1) is 9.00. The predicted octanol–water partition coefficient (Wildman–Crippen LogP) is 2.90. The molecule has 0 aromatic carbocycles. The van der Waals surface area contributed by atoms with Crippen LogP contribution >= 0.6 is 11.3 Å². The molecule has 1 amide bonds. The Morgan fingerprint density at radius 1 is 1.58 bits per heavy atom. The molecule has 0 saturated heterocycles. The van der Waals surface area contributed by atoms with Gasteiger partial charge in [-0.15, -0.1) is 11.3 Å². The highest BCUT2D eigenvalue weighted by Crippen LogP contribution is 2.39.